The number of hydrogen-bond acceptors (Lipinski definition) is 5. The van der Waals surface area contributed by atoms with Gasteiger partial charge in [0.25, 0.3) is 0 Å². The summed E-state index contributed by atoms with van der Waals surface area (Å²) in [6.45, 7) is 0.135. The Hall–Kier alpha value is -1.11. The molecule has 0 saturated heterocycles. The van der Waals surface area contributed by atoms with Gasteiger partial charge in [-0.15, -0.1) is 0 Å². The molecule has 4 atom stereocenters. The number of aliphatic hydroxyl groups is 2. The van der Waals surface area contributed by atoms with Gasteiger partial charge >= 0.3 is 5.97 Å². The molecule has 25 heavy (non-hydrogen) atoms. The number of hydrogen-bond donors (Lipinski definition) is 4. The monoisotopic (exact) mass is 353 g/mol. The molecule has 0 bridgehead atoms. The van der Waals surface area contributed by atoms with E-state index >= 15 is 0 Å². The summed E-state index contributed by atoms with van der Waals surface area (Å²) in [5.41, 5.74) is 5.09. The Labute approximate surface area is 149 Å². The lowest BCUT2D eigenvalue weighted by Gasteiger charge is -2.33. The third-order valence-electron chi connectivity index (χ3n) is 6.30. The van der Waals surface area contributed by atoms with Crippen LogP contribution in [0.25, 0.3) is 0 Å². The molecule has 0 radical (unpaired) electrons. The molecule has 2 saturated carbocycles. The molecule has 142 valence electrons. The number of carboxylic acid groups (broad SMARTS) is 1. The highest BCUT2D eigenvalue weighted by Crippen LogP contribution is 2.51. The highest BCUT2D eigenvalue weighted by Gasteiger charge is 2.46. The lowest BCUT2D eigenvalue weighted by molar-refractivity contribution is -0.138. The number of fused-ring (bicyclic) bond motifs is 1. The predicted octanol–water partition coefficient (Wildman–Crippen LogP) is 2.36. The Balaban J connectivity index is 1.43. The van der Waals surface area contributed by atoms with Crippen molar-refractivity contribution < 1.29 is 25.0 Å². The summed E-state index contributed by atoms with van der Waals surface area (Å²) >= 11 is 0. The van der Waals surface area contributed by atoms with Crippen LogP contribution in [0.4, 0.5) is 0 Å². The second-order valence-corrected chi connectivity index (χ2v) is 7.89. The van der Waals surface area contributed by atoms with E-state index in [0.717, 1.165) is 37.8 Å². The molecule has 0 spiro atoms. The fraction of sp³-hybridized carbons (Fsp3) is 0.842. The van der Waals surface area contributed by atoms with Crippen molar-refractivity contribution in [1.29, 1.82) is 0 Å². The van der Waals surface area contributed by atoms with Crippen LogP contribution < -0.4 is 5.48 Å². The zero-order valence-electron chi connectivity index (χ0n) is 14.8. The maximum atomic E-state index is 10.5. The molecule has 3 aliphatic carbocycles. The van der Waals surface area contributed by atoms with Gasteiger partial charge < -0.3 is 15.3 Å². The van der Waals surface area contributed by atoms with Crippen LogP contribution in [0.3, 0.4) is 0 Å². The molecule has 3 aliphatic rings. The largest absolute Gasteiger partial charge is 0.481 e. The maximum absolute atomic E-state index is 10.5. The van der Waals surface area contributed by atoms with Crippen LogP contribution in [0.5, 0.6) is 0 Å². The molecule has 3 rings (SSSR count). The Bertz CT molecular complexity index is 500. The first-order chi connectivity index (χ1) is 12.1. The van der Waals surface area contributed by atoms with Gasteiger partial charge in [0, 0.05) is 5.70 Å². The first kappa shape index (κ1) is 18.7. The number of hydroxylamine groups is 1. The molecular formula is C19H31NO5. The van der Waals surface area contributed by atoms with E-state index in [0.29, 0.717) is 18.3 Å². The topological polar surface area (TPSA) is 99.0 Å². The van der Waals surface area contributed by atoms with Crippen LogP contribution in [-0.4, -0.2) is 40.1 Å². The Morgan fingerprint density at radius 1 is 1.24 bits per heavy atom. The lowest BCUT2D eigenvalue weighted by atomic mass is 9.76. The molecule has 6 nitrogen and oxygen atoms in total. The van der Waals surface area contributed by atoms with Crippen LogP contribution in [0, 0.1) is 17.8 Å². The number of nitrogens with one attached hydrogen (secondary N) is 1. The van der Waals surface area contributed by atoms with Gasteiger partial charge in [0.15, 0.2) is 0 Å². The van der Waals surface area contributed by atoms with Crippen LogP contribution in [0.15, 0.2) is 11.3 Å². The van der Waals surface area contributed by atoms with Crippen molar-refractivity contribution in [3.05, 3.63) is 11.3 Å². The SMILES string of the molecule is O=C(O)CCONC1=C2CC(O)C(CCC(O)C3CCCCC3)C2C1. The van der Waals surface area contributed by atoms with Crippen molar-refractivity contribution in [2.75, 3.05) is 6.61 Å². The number of aliphatic carboxylic acids is 1. The first-order valence-corrected chi connectivity index (χ1v) is 9.74. The van der Waals surface area contributed by atoms with Gasteiger partial charge in [-0.2, -0.15) is 0 Å². The number of carbonyl (C=O) groups is 1. The molecule has 0 heterocycles. The van der Waals surface area contributed by atoms with E-state index in [2.05, 4.69) is 5.48 Å². The minimum absolute atomic E-state index is 0.0245. The predicted molar refractivity (Wildman–Crippen MR) is 92.4 cm³/mol. The Morgan fingerprint density at radius 2 is 2.00 bits per heavy atom. The van der Waals surface area contributed by atoms with E-state index in [1.54, 1.807) is 0 Å². The Morgan fingerprint density at radius 3 is 2.72 bits per heavy atom. The second kappa shape index (κ2) is 8.52. The molecular weight excluding hydrogens is 322 g/mol. The van der Waals surface area contributed by atoms with Gasteiger partial charge in [-0.25, -0.2) is 0 Å². The van der Waals surface area contributed by atoms with Crippen molar-refractivity contribution in [1.82, 2.24) is 5.48 Å². The van der Waals surface area contributed by atoms with E-state index in [4.69, 9.17) is 9.94 Å². The quantitative estimate of drug-likeness (QED) is 0.375. The zero-order valence-corrected chi connectivity index (χ0v) is 14.8. The molecule has 4 unspecified atom stereocenters. The average Bonchev–Trinajstić information content (AvgIpc) is 2.84. The molecule has 0 amide bonds. The van der Waals surface area contributed by atoms with Crippen molar-refractivity contribution in [3.63, 3.8) is 0 Å². The molecule has 0 aromatic carbocycles. The average molecular weight is 353 g/mol. The van der Waals surface area contributed by atoms with Crippen LogP contribution in [0.1, 0.15) is 64.2 Å². The summed E-state index contributed by atoms with van der Waals surface area (Å²) in [6, 6.07) is 0. The van der Waals surface area contributed by atoms with Gasteiger partial charge in [-0.05, 0) is 61.9 Å². The third-order valence-corrected chi connectivity index (χ3v) is 6.30. The van der Waals surface area contributed by atoms with Crippen molar-refractivity contribution in [2.24, 2.45) is 17.8 Å². The van der Waals surface area contributed by atoms with E-state index < -0.39 is 5.97 Å². The summed E-state index contributed by atoms with van der Waals surface area (Å²) < 4.78 is 0. The highest BCUT2D eigenvalue weighted by atomic mass is 16.6. The number of allylic oxidation sites excluding steroid dienone is 1. The van der Waals surface area contributed by atoms with Gasteiger partial charge in [0.1, 0.15) is 0 Å². The van der Waals surface area contributed by atoms with E-state index in [9.17, 15) is 15.0 Å². The van der Waals surface area contributed by atoms with E-state index in [1.165, 1.54) is 24.8 Å². The molecule has 2 fully saturated rings. The molecule has 0 aromatic heterocycles. The second-order valence-electron chi connectivity index (χ2n) is 7.89. The van der Waals surface area contributed by atoms with E-state index in [1.807, 2.05) is 0 Å². The summed E-state index contributed by atoms with van der Waals surface area (Å²) in [5, 5.41) is 29.4. The first-order valence-electron chi connectivity index (χ1n) is 9.74. The minimum atomic E-state index is -0.876. The smallest absolute Gasteiger partial charge is 0.305 e. The zero-order chi connectivity index (χ0) is 17.8. The highest BCUT2D eigenvalue weighted by molar-refractivity contribution is 5.66. The summed E-state index contributed by atoms with van der Waals surface area (Å²) in [6.07, 6.45) is 8.65. The van der Waals surface area contributed by atoms with E-state index in [-0.39, 0.29) is 31.2 Å². The van der Waals surface area contributed by atoms with Gasteiger partial charge in [-0.3, -0.25) is 15.1 Å². The number of rotatable bonds is 9. The van der Waals surface area contributed by atoms with Crippen LogP contribution in [-0.2, 0) is 9.63 Å². The normalized spacial score (nSPS) is 30.7. The molecule has 6 heteroatoms. The number of aliphatic hydroxyl groups excluding tert-OH is 2. The van der Waals surface area contributed by atoms with Crippen molar-refractivity contribution >= 4 is 5.97 Å². The van der Waals surface area contributed by atoms with Gasteiger partial charge in [0.05, 0.1) is 25.2 Å². The number of carboxylic acids is 1. The Kier molecular flexibility index (Phi) is 6.36. The molecule has 0 aromatic rings. The van der Waals surface area contributed by atoms with Crippen LogP contribution in [0.2, 0.25) is 0 Å². The standard InChI is InChI=1S/C19H31NO5/c21-17(12-4-2-1-3-5-12)7-6-13-14-10-16(15(14)11-18(13)22)20-25-9-8-19(23)24/h12-14,17-18,20-22H,1-11H2,(H,23,24). The minimum Gasteiger partial charge on any atom is -0.481 e. The maximum Gasteiger partial charge on any atom is 0.305 e. The fourth-order valence-corrected chi connectivity index (χ4v) is 4.79. The van der Waals surface area contributed by atoms with Crippen molar-refractivity contribution in [3.8, 4) is 0 Å². The molecule has 0 aliphatic heterocycles. The van der Waals surface area contributed by atoms with Crippen LogP contribution >= 0.6 is 0 Å². The van der Waals surface area contributed by atoms with Gasteiger partial charge in [0.2, 0.25) is 0 Å². The summed E-state index contributed by atoms with van der Waals surface area (Å²) in [4.78, 5) is 15.7. The fourth-order valence-electron chi connectivity index (χ4n) is 4.79. The lowest BCUT2D eigenvalue weighted by Crippen LogP contribution is -2.31. The summed E-state index contributed by atoms with van der Waals surface area (Å²) in [7, 11) is 0. The third kappa shape index (κ3) is 4.54. The van der Waals surface area contributed by atoms with Crippen molar-refractivity contribution in [2.45, 2.75) is 76.4 Å². The molecule has 4 N–H and O–H groups in total. The summed E-state index contributed by atoms with van der Waals surface area (Å²) in [5.74, 6) is 0.194. The van der Waals surface area contributed by atoms with Gasteiger partial charge in [-0.1, -0.05) is 19.3 Å².